The summed E-state index contributed by atoms with van der Waals surface area (Å²) in [5.41, 5.74) is 0.834. The first-order chi connectivity index (χ1) is 10.9. The highest BCUT2D eigenvalue weighted by molar-refractivity contribution is 6.30. The molecule has 0 aliphatic carbocycles. The molecule has 0 fully saturated rings. The fourth-order valence-corrected chi connectivity index (χ4v) is 2.78. The molecule has 0 amide bonds. The second-order valence-corrected chi connectivity index (χ2v) is 5.66. The molecule has 120 valence electrons. The highest BCUT2D eigenvalue weighted by atomic mass is 35.5. The maximum atomic E-state index is 13.6. The summed E-state index contributed by atoms with van der Waals surface area (Å²) in [5.74, 6) is -0.608. The summed E-state index contributed by atoms with van der Waals surface area (Å²) in [6.45, 7) is 2.40. The van der Waals surface area contributed by atoms with Crippen LogP contribution in [0.3, 0.4) is 0 Å². The number of rotatable bonds is 3. The van der Waals surface area contributed by atoms with Gasteiger partial charge in [-0.05, 0) is 30.7 Å². The van der Waals surface area contributed by atoms with Gasteiger partial charge in [-0.15, -0.1) is 0 Å². The molecule has 1 atom stereocenters. The average molecular weight is 336 g/mol. The van der Waals surface area contributed by atoms with E-state index < -0.39 is 11.9 Å². The fraction of sp³-hybridized carbons (Fsp3) is 0.250. The van der Waals surface area contributed by atoms with Gasteiger partial charge in [0.2, 0.25) is 0 Å². The Hall–Kier alpha value is -2.18. The van der Waals surface area contributed by atoms with Gasteiger partial charge < -0.3 is 9.67 Å². The first-order valence-electron chi connectivity index (χ1n) is 7.13. The van der Waals surface area contributed by atoms with Gasteiger partial charge in [-0.3, -0.25) is 9.48 Å². The number of hydrogen-bond donors (Lipinski definition) is 1. The summed E-state index contributed by atoms with van der Waals surface area (Å²) in [4.78, 5) is 12.3. The summed E-state index contributed by atoms with van der Waals surface area (Å²) < 4.78 is 16.6. The standard InChI is InChI=1S/C16H15ClFN3O2/c1-3-21-7-6-10-13(16(21)23)19-20(2)14(10)15(22)9-4-5-11(17)12(18)8-9/h4-8,15,22H,3H2,1-2H3. The van der Waals surface area contributed by atoms with Crippen LogP contribution in [0.4, 0.5) is 4.39 Å². The van der Waals surface area contributed by atoms with Gasteiger partial charge in [0.1, 0.15) is 11.9 Å². The molecule has 0 saturated carbocycles. The molecule has 3 rings (SSSR count). The van der Waals surface area contributed by atoms with Crippen molar-refractivity contribution in [2.24, 2.45) is 7.05 Å². The Labute approximate surface area is 136 Å². The van der Waals surface area contributed by atoms with Crippen molar-refractivity contribution in [1.29, 1.82) is 0 Å². The Morgan fingerprint density at radius 2 is 2.13 bits per heavy atom. The van der Waals surface area contributed by atoms with E-state index in [9.17, 15) is 14.3 Å². The van der Waals surface area contributed by atoms with Crippen molar-refractivity contribution in [2.45, 2.75) is 19.6 Å². The Balaban J connectivity index is 2.19. The predicted octanol–water partition coefficient (Wildman–Crippen LogP) is 2.63. The van der Waals surface area contributed by atoms with Gasteiger partial charge in [-0.1, -0.05) is 17.7 Å². The number of halogens is 2. The molecule has 0 spiro atoms. The lowest BCUT2D eigenvalue weighted by atomic mass is 10.0. The Bertz CT molecular complexity index is 948. The third-order valence-corrected chi connectivity index (χ3v) is 4.18. The predicted molar refractivity (Wildman–Crippen MR) is 86.1 cm³/mol. The second kappa shape index (κ2) is 5.79. The monoisotopic (exact) mass is 335 g/mol. The van der Waals surface area contributed by atoms with E-state index in [-0.39, 0.29) is 16.1 Å². The van der Waals surface area contributed by atoms with Crippen LogP contribution >= 0.6 is 11.6 Å². The van der Waals surface area contributed by atoms with Gasteiger partial charge in [0.05, 0.1) is 10.7 Å². The molecular formula is C16H15ClFN3O2. The van der Waals surface area contributed by atoms with Crippen LogP contribution in [0.5, 0.6) is 0 Å². The molecule has 23 heavy (non-hydrogen) atoms. The number of pyridine rings is 1. The van der Waals surface area contributed by atoms with Crippen LogP contribution in [0.15, 0.2) is 35.3 Å². The van der Waals surface area contributed by atoms with Crippen molar-refractivity contribution in [2.75, 3.05) is 0 Å². The van der Waals surface area contributed by atoms with E-state index in [0.29, 0.717) is 23.2 Å². The molecule has 1 N–H and O–H groups in total. The van der Waals surface area contributed by atoms with Crippen molar-refractivity contribution < 1.29 is 9.50 Å². The summed E-state index contributed by atoms with van der Waals surface area (Å²) in [6.07, 6.45) is 0.541. The van der Waals surface area contributed by atoms with Crippen molar-refractivity contribution >= 4 is 22.5 Å². The number of aliphatic hydroxyl groups excluding tert-OH is 1. The van der Waals surface area contributed by atoms with Crippen LogP contribution < -0.4 is 5.56 Å². The minimum atomic E-state index is -1.12. The molecular weight excluding hydrogens is 321 g/mol. The lowest BCUT2D eigenvalue weighted by Crippen LogP contribution is -2.18. The number of nitrogens with zero attached hydrogens (tertiary/aromatic N) is 3. The highest BCUT2D eigenvalue weighted by Crippen LogP contribution is 2.29. The van der Waals surface area contributed by atoms with Crippen LogP contribution in [0.25, 0.3) is 10.9 Å². The molecule has 2 aromatic heterocycles. The molecule has 0 saturated heterocycles. The minimum absolute atomic E-state index is 0.0124. The topological polar surface area (TPSA) is 60.1 Å². The van der Waals surface area contributed by atoms with E-state index >= 15 is 0 Å². The van der Waals surface area contributed by atoms with Crippen molar-refractivity contribution in [3.8, 4) is 0 Å². The molecule has 3 aromatic rings. The lowest BCUT2D eigenvalue weighted by molar-refractivity contribution is 0.211. The molecule has 1 aromatic carbocycles. The molecule has 1 unspecified atom stereocenters. The largest absolute Gasteiger partial charge is 0.382 e. The zero-order valence-electron chi connectivity index (χ0n) is 12.6. The number of aryl methyl sites for hydroxylation is 2. The van der Waals surface area contributed by atoms with E-state index in [2.05, 4.69) is 5.10 Å². The molecule has 0 radical (unpaired) electrons. The molecule has 5 nitrogen and oxygen atoms in total. The Morgan fingerprint density at radius 3 is 2.78 bits per heavy atom. The average Bonchev–Trinajstić information content (AvgIpc) is 2.87. The maximum absolute atomic E-state index is 13.6. The van der Waals surface area contributed by atoms with E-state index in [4.69, 9.17) is 11.6 Å². The number of fused-ring (bicyclic) bond motifs is 1. The van der Waals surface area contributed by atoms with Gasteiger partial charge in [0.15, 0.2) is 5.52 Å². The van der Waals surface area contributed by atoms with Crippen molar-refractivity contribution in [3.05, 3.63) is 62.9 Å². The minimum Gasteiger partial charge on any atom is -0.382 e. The first kappa shape index (κ1) is 15.7. The van der Waals surface area contributed by atoms with E-state index in [1.165, 1.54) is 21.4 Å². The first-order valence-corrected chi connectivity index (χ1v) is 7.51. The van der Waals surface area contributed by atoms with Gasteiger partial charge in [0, 0.05) is 25.2 Å². The highest BCUT2D eigenvalue weighted by Gasteiger charge is 2.21. The van der Waals surface area contributed by atoms with Crippen LogP contribution in [0, 0.1) is 5.82 Å². The SMILES string of the molecule is CCn1ccc2c(C(O)c3ccc(Cl)c(F)c3)n(C)nc2c1=O. The normalized spacial score (nSPS) is 12.7. The zero-order valence-corrected chi connectivity index (χ0v) is 13.4. The maximum Gasteiger partial charge on any atom is 0.278 e. The van der Waals surface area contributed by atoms with Gasteiger partial charge in [-0.2, -0.15) is 5.10 Å². The third-order valence-electron chi connectivity index (χ3n) is 3.87. The number of benzene rings is 1. The van der Waals surface area contributed by atoms with Gasteiger partial charge >= 0.3 is 0 Å². The molecule has 0 bridgehead atoms. The molecule has 7 heteroatoms. The van der Waals surface area contributed by atoms with Gasteiger partial charge in [0.25, 0.3) is 5.56 Å². The van der Waals surface area contributed by atoms with E-state index in [0.717, 1.165) is 0 Å². The van der Waals surface area contributed by atoms with Crippen molar-refractivity contribution in [3.63, 3.8) is 0 Å². The van der Waals surface area contributed by atoms with Crippen LogP contribution in [-0.4, -0.2) is 19.5 Å². The smallest absolute Gasteiger partial charge is 0.278 e. The van der Waals surface area contributed by atoms with E-state index in [1.807, 2.05) is 6.92 Å². The quantitative estimate of drug-likeness (QED) is 0.800. The molecule has 0 aliphatic heterocycles. The summed E-state index contributed by atoms with van der Waals surface area (Å²) in [6, 6.07) is 5.84. The molecule has 0 aliphatic rings. The van der Waals surface area contributed by atoms with Crippen LogP contribution in [-0.2, 0) is 13.6 Å². The lowest BCUT2D eigenvalue weighted by Gasteiger charge is -2.13. The van der Waals surface area contributed by atoms with Crippen molar-refractivity contribution in [1.82, 2.24) is 14.3 Å². The summed E-state index contributed by atoms with van der Waals surface area (Å²) in [5, 5.41) is 15.4. The van der Waals surface area contributed by atoms with Crippen LogP contribution in [0.1, 0.15) is 24.3 Å². The summed E-state index contributed by atoms with van der Waals surface area (Å²) in [7, 11) is 1.64. The Kier molecular flexibility index (Phi) is 3.95. The number of aliphatic hydroxyl groups is 1. The number of hydrogen-bond acceptors (Lipinski definition) is 3. The van der Waals surface area contributed by atoms with Crippen LogP contribution in [0.2, 0.25) is 5.02 Å². The Morgan fingerprint density at radius 1 is 1.39 bits per heavy atom. The summed E-state index contributed by atoms with van der Waals surface area (Å²) >= 11 is 5.67. The molecule has 2 heterocycles. The van der Waals surface area contributed by atoms with E-state index in [1.54, 1.807) is 25.4 Å². The second-order valence-electron chi connectivity index (χ2n) is 5.25. The number of aromatic nitrogens is 3. The third kappa shape index (κ3) is 2.54. The fourth-order valence-electron chi connectivity index (χ4n) is 2.66. The van der Waals surface area contributed by atoms with Gasteiger partial charge in [-0.25, -0.2) is 4.39 Å². The zero-order chi connectivity index (χ0) is 16.7.